The van der Waals surface area contributed by atoms with Crippen LogP contribution in [0.5, 0.6) is 11.5 Å². The van der Waals surface area contributed by atoms with E-state index >= 15 is 0 Å². The normalized spacial score (nSPS) is 12.8. The van der Waals surface area contributed by atoms with Crippen LogP contribution >= 0.6 is 0 Å². The van der Waals surface area contributed by atoms with Gasteiger partial charge in [0.2, 0.25) is 0 Å². The molecule has 2 aromatic rings. The van der Waals surface area contributed by atoms with Gasteiger partial charge in [0.05, 0.1) is 11.9 Å². The van der Waals surface area contributed by atoms with E-state index in [1.807, 2.05) is 18.2 Å². The number of nitrogens with zero attached hydrogens (tertiary/aromatic N) is 1. The first-order valence-corrected chi connectivity index (χ1v) is 6.73. The lowest BCUT2D eigenvalue weighted by Gasteiger charge is -2.18. The maximum Gasteiger partial charge on any atom is 0.319 e. The number of anilines is 1. The first-order chi connectivity index (χ1) is 10.3. The molecule has 7 heteroatoms. The van der Waals surface area contributed by atoms with Crippen LogP contribution in [0, 0.1) is 0 Å². The summed E-state index contributed by atoms with van der Waals surface area (Å²) in [6, 6.07) is 5.57. The quantitative estimate of drug-likeness (QED) is 0.796. The van der Waals surface area contributed by atoms with Crippen molar-refractivity contribution in [3.05, 3.63) is 36.2 Å². The zero-order valence-corrected chi connectivity index (χ0v) is 11.4. The highest BCUT2D eigenvalue weighted by Crippen LogP contribution is 2.30. The number of hydrogen-bond donors (Lipinski definition) is 3. The van der Waals surface area contributed by atoms with Gasteiger partial charge in [0.15, 0.2) is 11.5 Å². The predicted octanol–water partition coefficient (Wildman–Crippen LogP) is 1.55. The fourth-order valence-corrected chi connectivity index (χ4v) is 2.06. The Kier molecular flexibility index (Phi) is 3.90. The van der Waals surface area contributed by atoms with Crippen molar-refractivity contribution < 1.29 is 14.3 Å². The lowest BCUT2D eigenvalue weighted by molar-refractivity contribution is 0.171. The van der Waals surface area contributed by atoms with E-state index in [-0.39, 0.29) is 6.03 Å². The molecule has 2 amide bonds. The SMILES string of the molecule is O=C(NCCc1ccc2c(c1)OCCO2)Nc1cn[nH]c1. The zero-order valence-electron chi connectivity index (χ0n) is 11.4. The van der Waals surface area contributed by atoms with Crippen molar-refractivity contribution >= 4 is 11.7 Å². The van der Waals surface area contributed by atoms with Crippen molar-refractivity contribution in [1.29, 1.82) is 0 Å². The summed E-state index contributed by atoms with van der Waals surface area (Å²) < 4.78 is 11.0. The molecule has 3 N–H and O–H groups in total. The molecule has 21 heavy (non-hydrogen) atoms. The number of carbonyl (C=O) groups excluding carboxylic acids is 1. The van der Waals surface area contributed by atoms with Crippen LogP contribution in [0.1, 0.15) is 5.56 Å². The van der Waals surface area contributed by atoms with Crippen molar-refractivity contribution in [1.82, 2.24) is 15.5 Å². The highest BCUT2D eigenvalue weighted by Gasteiger charge is 2.11. The molecule has 3 rings (SSSR count). The van der Waals surface area contributed by atoms with Crippen LogP contribution in [0.25, 0.3) is 0 Å². The summed E-state index contributed by atoms with van der Waals surface area (Å²) in [5.74, 6) is 1.54. The Labute approximate surface area is 121 Å². The lowest BCUT2D eigenvalue weighted by atomic mass is 10.1. The van der Waals surface area contributed by atoms with Gasteiger partial charge in [0.1, 0.15) is 13.2 Å². The van der Waals surface area contributed by atoms with Gasteiger partial charge in [-0.15, -0.1) is 0 Å². The number of fused-ring (bicyclic) bond motifs is 1. The Morgan fingerprint density at radius 3 is 2.95 bits per heavy atom. The van der Waals surface area contributed by atoms with E-state index in [0.717, 1.165) is 23.5 Å². The van der Waals surface area contributed by atoms with Gasteiger partial charge in [-0.2, -0.15) is 5.10 Å². The standard InChI is InChI=1S/C14H16N4O3/c19-14(18-11-8-16-17-9-11)15-4-3-10-1-2-12-13(7-10)21-6-5-20-12/h1-2,7-9H,3-6H2,(H,16,17)(H2,15,18,19). The van der Waals surface area contributed by atoms with Gasteiger partial charge in [-0.05, 0) is 24.1 Å². The van der Waals surface area contributed by atoms with Crippen molar-refractivity contribution in [3.63, 3.8) is 0 Å². The second-order valence-corrected chi connectivity index (χ2v) is 4.60. The minimum Gasteiger partial charge on any atom is -0.486 e. The average molecular weight is 288 g/mol. The Hall–Kier alpha value is -2.70. The van der Waals surface area contributed by atoms with Crippen molar-refractivity contribution in [2.75, 3.05) is 25.1 Å². The smallest absolute Gasteiger partial charge is 0.319 e. The fraction of sp³-hybridized carbons (Fsp3) is 0.286. The van der Waals surface area contributed by atoms with Gasteiger partial charge in [0.25, 0.3) is 0 Å². The van der Waals surface area contributed by atoms with Crippen molar-refractivity contribution in [2.24, 2.45) is 0 Å². The van der Waals surface area contributed by atoms with E-state index in [2.05, 4.69) is 20.8 Å². The number of H-pyrrole nitrogens is 1. The number of ether oxygens (including phenoxy) is 2. The average Bonchev–Trinajstić information content (AvgIpc) is 3.00. The van der Waals surface area contributed by atoms with Gasteiger partial charge in [-0.1, -0.05) is 6.07 Å². The van der Waals surface area contributed by atoms with Crippen LogP contribution in [0.3, 0.4) is 0 Å². The first-order valence-electron chi connectivity index (χ1n) is 6.73. The van der Waals surface area contributed by atoms with Crippen LogP contribution in [-0.4, -0.2) is 36.0 Å². The van der Waals surface area contributed by atoms with Crippen molar-refractivity contribution in [3.8, 4) is 11.5 Å². The van der Waals surface area contributed by atoms with E-state index in [9.17, 15) is 4.79 Å². The third-order valence-corrected chi connectivity index (χ3v) is 3.06. The topological polar surface area (TPSA) is 88.3 Å². The van der Waals surface area contributed by atoms with Crippen molar-refractivity contribution in [2.45, 2.75) is 6.42 Å². The molecule has 0 saturated heterocycles. The van der Waals surface area contributed by atoms with Gasteiger partial charge >= 0.3 is 6.03 Å². The van der Waals surface area contributed by atoms with E-state index in [1.54, 1.807) is 12.4 Å². The molecule has 0 fully saturated rings. The molecule has 1 aliphatic heterocycles. The van der Waals surface area contributed by atoms with Crippen LogP contribution in [-0.2, 0) is 6.42 Å². The van der Waals surface area contributed by atoms with Gasteiger partial charge in [-0.3, -0.25) is 5.10 Å². The summed E-state index contributed by atoms with van der Waals surface area (Å²) in [6.45, 7) is 1.69. The number of amides is 2. The molecule has 0 unspecified atom stereocenters. The largest absolute Gasteiger partial charge is 0.486 e. The molecule has 0 bridgehead atoms. The Balaban J connectivity index is 1.48. The molecule has 0 aliphatic carbocycles. The Bertz CT molecular complexity index is 613. The number of aromatic amines is 1. The second-order valence-electron chi connectivity index (χ2n) is 4.60. The van der Waals surface area contributed by atoms with Crippen LogP contribution in [0.4, 0.5) is 10.5 Å². The minimum absolute atomic E-state index is 0.256. The summed E-state index contributed by atoms with van der Waals surface area (Å²) in [5, 5.41) is 11.8. The molecule has 0 spiro atoms. The monoisotopic (exact) mass is 288 g/mol. The van der Waals surface area contributed by atoms with Crippen LogP contribution in [0.15, 0.2) is 30.6 Å². The Morgan fingerprint density at radius 2 is 2.14 bits per heavy atom. The molecule has 110 valence electrons. The third kappa shape index (κ3) is 3.44. The maximum atomic E-state index is 11.6. The summed E-state index contributed by atoms with van der Waals surface area (Å²) in [5.41, 5.74) is 1.72. The number of aromatic nitrogens is 2. The number of benzene rings is 1. The highest BCUT2D eigenvalue weighted by atomic mass is 16.6. The number of nitrogens with one attached hydrogen (secondary N) is 3. The molecular formula is C14H16N4O3. The molecule has 1 aromatic carbocycles. The second kappa shape index (κ2) is 6.17. The zero-order chi connectivity index (χ0) is 14.5. The third-order valence-electron chi connectivity index (χ3n) is 3.06. The number of urea groups is 1. The van der Waals surface area contributed by atoms with Gasteiger partial charge in [0, 0.05) is 12.7 Å². The number of rotatable bonds is 4. The lowest BCUT2D eigenvalue weighted by Crippen LogP contribution is -2.30. The van der Waals surface area contributed by atoms with E-state index in [4.69, 9.17) is 9.47 Å². The predicted molar refractivity (Wildman–Crippen MR) is 76.7 cm³/mol. The molecule has 7 nitrogen and oxygen atoms in total. The first kappa shape index (κ1) is 13.3. The van der Waals surface area contributed by atoms with E-state index in [0.29, 0.717) is 25.4 Å². The fourth-order valence-electron chi connectivity index (χ4n) is 2.06. The molecule has 1 aromatic heterocycles. The van der Waals surface area contributed by atoms with Gasteiger partial charge in [-0.25, -0.2) is 4.79 Å². The van der Waals surface area contributed by atoms with Crippen LogP contribution < -0.4 is 20.1 Å². The molecule has 1 aliphatic rings. The summed E-state index contributed by atoms with van der Waals surface area (Å²) in [6.07, 6.45) is 3.87. The molecule has 0 saturated carbocycles. The van der Waals surface area contributed by atoms with Gasteiger partial charge < -0.3 is 20.1 Å². The summed E-state index contributed by atoms with van der Waals surface area (Å²) in [4.78, 5) is 11.6. The molecule has 2 heterocycles. The number of hydrogen-bond acceptors (Lipinski definition) is 4. The highest BCUT2D eigenvalue weighted by molar-refractivity contribution is 5.88. The Morgan fingerprint density at radius 1 is 1.29 bits per heavy atom. The summed E-state index contributed by atoms with van der Waals surface area (Å²) in [7, 11) is 0. The maximum absolute atomic E-state index is 11.6. The number of carbonyl (C=O) groups is 1. The molecular weight excluding hydrogens is 272 g/mol. The van der Waals surface area contributed by atoms with E-state index in [1.165, 1.54) is 0 Å². The van der Waals surface area contributed by atoms with E-state index < -0.39 is 0 Å². The molecule has 0 radical (unpaired) electrons. The minimum atomic E-state index is -0.256. The molecule has 0 atom stereocenters. The summed E-state index contributed by atoms with van der Waals surface area (Å²) >= 11 is 0. The van der Waals surface area contributed by atoms with Crippen LogP contribution in [0.2, 0.25) is 0 Å².